The van der Waals surface area contributed by atoms with Gasteiger partial charge in [-0.15, -0.1) is 0 Å². The number of nitrogens with one attached hydrogen (secondary N) is 2. The molecule has 166 valence electrons. The second-order valence-corrected chi connectivity index (χ2v) is 8.22. The summed E-state index contributed by atoms with van der Waals surface area (Å²) in [7, 11) is 0. The SMILES string of the molecule is CCCCNC(=O)c1cn(C2CCCCC2)cc(C(=O)NCc2cccc(C)n2)c1=O. The van der Waals surface area contributed by atoms with Crippen LogP contribution in [0.15, 0.2) is 35.4 Å². The quantitative estimate of drug-likeness (QED) is 0.634. The number of carbonyl (C=O) groups excluding carboxylic acids is 2. The first-order valence-corrected chi connectivity index (χ1v) is 11.2. The van der Waals surface area contributed by atoms with Gasteiger partial charge in [0.1, 0.15) is 11.1 Å². The van der Waals surface area contributed by atoms with Crippen molar-refractivity contribution in [1.82, 2.24) is 20.2 Å². The van der Waals surface area contributed by atoms with Gasteiger partial charge in [0.25, 0.3) is 11.8 Å². The van der Waals surface area contributed by atoms with Crippen molar-refractivity contribution in [3.05, 3.63) is 63.3 Å². The third kappa shape index (κ3) is 6.03. The first-order valence-electron chi connectivity index (χ1n) is 11.2. The molecule has 0 atom stereocenters. The molecule has 1 fully saturated rings. The highest BCUT2D eigenvalue weighted by Gasteiger charge is 2.22. The second-order valence-electron chi connectivity index (χ2n) is 8.22. The van der Waals surface area contributed by atoms with Crippen LogP contribution in [0.3, 0.4) is 0 Å². The molecule has 0 aliphatic heterocycles. The Morgan fingerprint density at radius 2 is 1.74 bits per heavy atom. The van der Waals surface area contributed by atoms with E-state index in [1.165, 1.54) is 6.42 Å². The molecule has 0 bridgehead atoms. The van der Waals surface area contributed by atoms with Crippen molar-refractivity contribution in [3.8, 4) is 0 Å². The number of rotatable bonds is 8. The second kappa shape index (κ2) is 10.9. The van der Waals surface area contributed by atoms with Crippen LogP contribution in [0.1, 0.15) is 90.0 Å². The van der Waals surface area contributed by atoms with Crippen molar-refractivity contribution in [2.24, 2.45) is 0 Å². The Balaban J connectivity index is 1.87. The molecule has 2 N–H and O–H groups in total. The summed E-state index contributed by atoms with van der Waals surface area (Å²) in [5, 5.41) is 5.59. The van der Waals surface area contributed by atoms with Crippen LogP contribution in [-0.2, 0) is 6.54 Å². The molecule has 0 radical (unpaired) electrons. The normalized spacial score (nSPS) is 14.3. The summed E-state index contributed by atoms with van der Waals surface area (Å²) in [5.41, 5.74) is 1.08. The minimum atomic E-state index is -0.532. The lowest BCUT2D eigenvalue weighted by molar-refractivity contribution is 0.0947. The Bertz CT molecular complexity index is 977. The van der Waals surface area contributed by atoms with E-state index in [0.29, 0.717) is 6.54 Å². The zero-order chi connectivity index (χ0) is 22.2. The van der Waals surface area contributed by atoms with Gasteiger partial charge in [-0.25, -0.2) is 0 Å². The Hall–Kier alpha value is -2.96. The highest BCUT2D eigenvalue weighted by atomic mass is 16.2. The molecule has 0 aromatic carbocycles. The van der Waals surface area contributed by atoms with E-state index in [4.69, 9.17) is 0 Å². The summed E-state index contributed by atoms with van der Waals surface area (Å²) < 4.78 is 1.90. The summed E-state index contributed by atoms with van der Waals surface area (Å²) in [5.74, 6) is -0.904. The Morgan fingerprint density at radius 1 is 1.06 bits per heavy atom. The van der Waals surface area contributed by atoms with Crippen molar-refractivity contribution in [2.75, 3.05) is 6.54 Å². The fraction of sp³-hybridized carbons (Fsp3) is 0.500. The Kier molecular flexibility index (Phi) is 7.98. The number of unbranched alkanes of at least 4 members (excludes halogenated alkanes) is 1. The number of aryl methyl sites for hydroxylation is 1. The maximum atomic E-state index is 13.0. The smallest absolute Gasteiger partial charge is 0.257 e. The fourth-order valence-electron chi connectivity index (χ4n) is 3.95. The standard InChI is InChI=1S/C24H32N4O3/c1-3-4-13-25-23(30)20-15-28(19-11-6-5-7-12-19)16-21(22(20)29)24(31)26-14-18-10-8-9-17(2)27-18/h8-10,15-16,19H,3-7,11-14H2,1-2H3,(H,25,30)(H,26,31). The van der Waals surface area contributed by atoms with Gasteiger partial charge in [-0.2, -0.15) is 0 Å². The average molecular weight is 425 g/mol. The van der Waals surface area contributed by atoms with E-state index >= 15 is 0 Å². The minimum absolute atomic E-state index is 0.00127. The molecule has 2 amide bonds. The van der Waals surface area contributed by atoms with Crippen LogP contribution in [0, 0.1) is 6.92 Å². The third-order valence-electron chi connectivity index (χ3n) is 5.72. The Morgan fingerprint density at radius 3 is 2.39 bits per heavy atom. The van der Waals surface area contributed by atoms with Crippen LogP contribution in [0.25, 0.3) is 0 Å². The highest BCUT2D eigenvalue weighted by molar-refractivity contribution is 5.99. The van der Waals surface area contributed by atoms with Gasteiger partial charge in [0.05, 0.1) is 12.2 Å². The van der Waals surface area contributed by atoms with Crippen LogP contribution in [0.2, 0.25) is 0 Å². The van der Waals surface area contributed by atoms with Gasteiger partial charge in [-0.3, -0.25) is 19.4 Å². The number of carbonyl (C=O) groups is 2. The van der Waals surface area contributed by atoms with E-state index in [-0.39, 0.29) is 23.7 Å². The van der Waals surface area contributed by atoms with Gasteiger partial charge >= 0.3 is 0 Å². The summed E-state index contributed by atoms with van der Waals surface area (Å²) in [4.78, 5) is 43.0. The van der Waals surface area contributed by atoms with Gasteiger partial charge in [0.2, 0.25) is 5.43 Å². The lowest BCUT2D eigenvalue weighted by Crippen LogP contribution is -2.36. The summed E-state index contributed by atoms with van der Waals surface area (Å²) >= 11 is 0. The number of hydrogen-bond acceptors (Lipinski definition) is 4. The van der Waals surface area contributed by atoms with Gasteiger partial charge in [0.15, 0.2) is 0 Å². The number of hydrogen-bond donors (Lipinski definition) is 2. The first-order chi connectivity index (χ1) is 15.0. The molecule has 0 spiro atoms. The third-order valence-corrected chi connectivity index (χ3v) is 5.72. The summed E-state index contributed by atoms with van der Waals surface area (Å²) in [6, 6.07) is 5.78. The molecule has 2 aromatic rings. The van der Waals surface area contributed by atoms with Crippen LogP contribution >= 0.6 is 0 Å². The zero-order valence-electron chi connectivity index (χ0n) is 18.4. The summed E-state index contributed by atoms with van der Waals surface area (Å²) in [6.07, 6.45) is 10.4. The van der Waals surface area contributed by atoms with E-state index in [1.807, 2.05) is 36.6 Å². The van der Waals surface area contributed by atoms with E-state index in [2.05, 4.69) is 15.6 Å². The van der Waals surface area contributed by atoms with Gasteiger partial charge in [-0.1, -0.05) is 38.7 Å². The minimum Gasteiger partial charge on any atom is -0.352 e. The highest BCUT2D eigenvalue weighted by Crippen LogP contribution is 2.28. The molecular formula is C24H32N4O3. The zero-order valence-corrected chi connectivity index (χ0v) is 18.4. The largest absolute Gasteiger partial charge is 0.352 e. The number of pyridine rings is 2. The molecule has 1 saturated carbocycles. The van der Waals surface area contributed by atoms with Gasteiger partial charge in [-0.05, 0) is 38.3 Å². The van der Waals surface area contributed by atoms with Crippen LogP contribution in [0.4, 0.5) is 0 Å². The number of aromatic nitrogens is 2. The first kappa shape index (κ1) is 22.7. The van der Waals surface area contributed by atoms with Crippen molar-refractivity contribution in [2.45, 2.75) is 71.4 Å². The number of amides is 2. The van der Waals surface area contributed by atoms with E-state index in [1.54, 1.807) is 12.4 Å². The fourth-order valence-corrected chi connectivity index (χ4v) is 3.95. The predicted molar refractivity (Wildman–Crippen MR) is 120 cm³/mol. The molecule has 3 rings (SSSR count). The van der Waals surface area contributed by atoms with E-state index < -0.39 is 17.2 Å². The molecule has 0 unspecified atom stereocenters. The average Bonchev–Trinajstić information content (AvgIpc) is 2.78. The molecule has 7 heteroatoms. The maximum absolute atomic E-state index is 13.0. The molecular weight excluding hydrogens is 392 g/mol. The summed E-state index contributed by atoms with van der Waals surface area (Å²) in [6.45, 7) is 4.65. The Labute approximate surface area is 183 Å². The van der Waals surface area contributed by atoms with Crippen LogP contribution in [0.5, 0.6) is 0 Å². The molecule has 7 nitrogen and oxygen atoms in total. The van der Waals surface area contributed by atoms with Crippen LogP contribution < -0.4 is 16.1 Å². The van der Waals surface area contributed by atoms with Crippen molar-refractivity contribution < 1.29 is 9.59 Å². The molecule has 1 aliphatic rings. The van der Waals surface area contributed by atoms with E-state index in [0.717, 1.165) is 49.9 Å². The maximum Gasteiger partial charge on any atom is 0.257 e. The van der Waals surface area contributed by atoms with Crippen molar-refractivity contribution in [3.63, 3.8) is 0 Å². The monoisotopic (exact) mass is 424 g/mol. The van der Waals surface area contributed by atoms with Crippen molar-refractivity contribution >= 4 is 11.8 Å². The molecule has 2 heterocycles. The predicted octanol–water partition coefficient (Wildman–Crippen LogP) is 3.52. The number of nitrogens with zero attached hydrogens (tertiary/aromatic N) is 2. The molecule has 31 heavy (non-hydrogen) atoms. The van der Waals surface area contributed by atoms with Gasteiger partial charge in [0, 0.05) is 30.7 Å². The lowest BCUT2D eigenvalue weighted by atomic mass is 9.95. The van der Waals surface area contributed by atoms with Crippen molar-refractivity contribution in [1.29, 1.82) is 0 Å². The van der Waals surface area contributed by atoms with Gasteiger partial charge < -0.3 is 15.2 Å². The lowest BCUT2D eigenvalue weighted by Gasteiger charge is -2.25. The molecule has 0 saturated heterocycles. The van der Waals surface area contributed by atoms with Crippen LogP contribution in [-0.4, -0.2) is 27.9 Å². The van der Waals surface area contributed by atoms with E-state index in [9.17, 15) is 14.4 Å². The topological polar surface area (TPSA) is 93.1 Å². The molecule has 1 aliphatic carbocycles. The molecule has 2 aromatic heterocycles.